The molecule has 1 saturated heterocycles. The van der Waals surface area contributed by atoms with E-state index < -0.39 is 0 Å². The largest absolute Gasteiger partial charge is 0.368 e. The fourth-order valence-electron chi connectivity index (χ4n) is 3.18. The van der Waals surface area contributed by atoms with Crippen molar-refractivity contribution in [1.29, 1.82) is 0 Å². The van der Waals surface area contributed by atoms with E-state index in [-0.39, 0.29) is 5.54 Å². The van der Waals surface area contributed by atoms with Crippen LogP contribution in [-0.4, -0.2) is 41.7 Å². The molecule has 5 nitrogen and oxygen atoms in total. The van der Waals surface area contributed by atoms with Crippen LogP contribution in [0.1, 0.15) is 31.9 Å². The fourth-order valence-corrected chi connectivity index (χ4v) is 3.18. The number of hydrogen-bond donors (Lipinski definition) is 1. The van der Waals surface area contributed by atoms with E-state index in [1.807, 2.05) is 12.3 Å². The first-order chi connectivity index (χ1) is 11.8. The highest BCUT2D eigenvalue weighted by molar-refractivity contribution is 5.57. The van der Waals surface area contributed by atoms with E-state index in [1.54, 1.807) is 0 Å². The summed E-state index contributed by atoms with van der Waals surface area (Å²) >= 11 is 0. The third-order valence-electron chi connectivity index (χ3n) is 4.63. The summed E-state index contributed by atoms with van der Waals surface area (Å²) in [7, 11) is 0. The van der Waals surface area contributed by atoms with Crippen LogP contribution < -0.4 is 15.1 Å². The van der Waals surface area contributed by atoms with Crippen LogP contribution in [0.4, 0.5) is 17.5 Å². The summed E-state index contributed by atoms with van der Waals surface area (Å²) in [6.07, 6.45) is 1.84. The standard InChI is InChI=1S/C20H29N5/c1-15-7-6-8-17(16(15)2)24-11-13-25(14-12-24)19-21-10-9-18(22-19)23-20(3,4)5/h6-10H,11-14H2,1-5H3,(H,21,22,23). The molecule has 0 spiro atoms. The van der Waals surface area contributed by atoms with Crippen molar-refractivity contribution < 1.29 is 0 Å². The van der Waals surface area contributed by atoms with Gasteiger partial charge in [0.25, 0.3) is 0 Å². The Morgan fingerprint density at radius 3 is 2.32 bits per heavy atom. The van der Waals surface area contributed by atoms with Crippen molar-refractivity contribution in [2.75, 3.05) is 41.3 Å². The van der Waals surface area contributed by atoms with Gasteiger partial charge in [-0.3, -0.25) is 0 Å². The number of anilines is 3. The summed E-state index contributed by atoms with van der Waals surface area (Å²) in [5.41, 5.74) is 4.07. The van der Waals surface area contributed by atoms with Crippen molar-refractivity contribution >= 4 is 17.5 Å². The van der Waals surface area contributed by atoms with E-state index in [2.05, 4.69) is 72.9 Å². The predicted octanol–water partition coefficient (Wildman–Crippen LogP) is 3.63. The molecule has 0 bridgehead atoms. The molecule has 1 aliphatic heterocycles. The van der Waals surface area contributed by atoms with Gasteiger partial charge in [0.15, 0.2) is 0 Å². The summed E-state index contributed by atoms with van der Waals surface area (Å²) in [5, 5.41) is 3.42. The average molecular weight is 339 g/mol. The Balaban J connectivity index is 1.68. The molecule has 1 aromatic heterocycles. The maximum Gasteiger partial charge on any atom is 0.227 e. The minimum atomic E-state index is -0.00693. The predicted molar refractivity (Wildman–Crippen MR) is 106 cm³/mol. The van der Waals surface area contributed by atoms with Crippen LogP contribution in [0.25, 0.3) is 0 Å². The SMILES string of the molecule is Cc1cccc(N2CCN(c3nccc(NC(C)(C)C)n3)CC2)c1C. The van der Waals surface area contributed by atoms with E-state index in [9.17, 15) is 0 Å². The molecular weight excluding hydrogens is 310 g/mol. The quantitative estimate of drug-likeness (QED) is 0.925. The zero-order valence-electron chi connectivity index (χ0n) is 16.0. The van der Waals surface area contributed by atoms with Crippen LogP contribution in [0, 0.1) is 13.8 Å². The van der Waals surface area contributed by atoms with Gasteiger partial charge >= 0.3 is 0 Å². The van der Waals surface area contributed by atoms with Gasteiger partial charge in [0.2, 0.25) is 5.95 Å². The Morgan fingerprint density at radius 2 is 1.64 bits per heavy atom. The molecule has 0 saturated carbocycles. The molecule has 134 valence electrons. The summed E-state index contributed by atoms with van der Waals surface area (Å²) in [6, 6.07) is 8.48. The third kappa shape index (κ3) is 4.21. The number of piperazine rings is 1. The molecule has 25 heavy (non-hydrogen) atoms. The van der Waals surface area contributed by atoms with Gasteiger partial charge in [-0.15, -0.1) is 0 Å². The Bertz CT molecular complexity index is 727. The van der Waals surface area contributed by atoms with Crippen molar-refractivity contribution in [3.05, 3.63) is 41.6 Å². The lowest BCUT2D eigenvalue weighted by molar-refractivity contribution is 0.623. The third-order valence-corrected chi connectivity index (χ3v) is 4.63. The first kappa shape index (κ1) is 17.5. The van der Waals surface area contributed by atoms with Gasteiger partial charge in [-0.25, -0.2) is 4.98 Å². The number of hydrogen-bond acceptors (Lipinski definition) is 5. The summed E-state index contributed by atoms with van der Waals surface area (Å²) < 4.78 is 0. The van der Waals surface area contributed by atoms with E-state index in [4.69, 9.17) is 4.98 Å². The molecule has 5 heteroatoms. The second kappa shape index (κ2) is 6.90. The Hall–Kier alpha value is -2.30. The molecule has 2 heterocycles. The Kier molecular flexibility index (Phi) is 4.84. The van der Waals surface area contributed by atoms with Crippen LogP contribution in [0.5, 0.6) is 0 Å². The maximum absolute atomic E-state index is 4.70. The van der Waals surface area contributed by atoms with Gasteiger partial charge in [-0.2, -0.15) is 4.98 Å². The molecule has 1 aromatic carbocycles. The van der Waals surface area contributed by atoms with Crippen molar-refractivity contribution in [2.45, 2.75) is 40.2 Å². The van der Waals surface area contributed by atoms with E-state index in [0.29, 0.717) is 0 Å². The Labute approximate surface area is 151 Å². The lowest BCUT2D eigenvalue weighted by atomic mass is 10.1. The molecule has 1 aliphatic rings. The van der Waals surface area contributed by atoms with Gasteiger partial charge in [0.05, 0.1) is 0 Å². The van der Waals surface area contributed by atoms with Crippen molar-refractivity contribution in [3.8, 4) is 0 Å². The first-order valence-corrected chi connectivity index (χ1v) is 9.01. The smallest absolute Gasteiger partial charge is 0.227 e. The summed E-state index contributed by atoms with van der Waals surface area (Å²) in [6.45, 7) is 14.7. The fraction of sp³-hybridized carbons (Fsp3) is 0.500. The monoisotopic (exact) mass is 339 g/mol. The lowest BCUT2D eigenvalue weighted by Gasteiger charge is -2.37. The number of benzene rings is 1. The highest BCUT2D eigenvalue weighted by Crippen LogP contribution is 2.25. The molecule has 0 amide bonds. The zero-order chi connectivity index (χ0) is 18.0. The normalized spacial score (nSPS) is 15.4. The van der Waals surface area contributed by atoms with Gasteiger partial charge in [-0.1, -0.05) is 12.1 Å². The van der Waals surface area contributed by atoms with Crippen LogP contribution in [-0.2, 0) is 0 Å². The lowest BCUT2D eigenvalue weighted by Crippen LogP contribution is -2.47. The molecular formula is C20H29N5. The van der Waals surface area contributed by atoms with Crippen LogP contribution in [0.2, 0.25) is 0 Å². The van der Waals surface area contributed by atoms with Gasteiger partial charge in [-0.05, 0) is 57.9 Å². The molecule has 3 rings (SSSR count). The average Bonchev–Trinajstić information content (AvgIpc) is 2.56. The maximum atomic E-state index is 4.70. The first-order valence-electron chi connectivity index (χ1n) is 9.01. The summed E-state index contributed by atoms with van der Waals surface area (Å²) in [5.74, 6) is 1.70. The number of nitrogens with zero attached hydrogens (tertiary/aromatic N) is 4. The Morgan fingerprint density at radius 1 is 0.960 bits per heavy atom. The molecule has 0 radical (unpaired) electrons. The number of rotatable bonds is 3. The van der Waals surface area contributed by atoms with Gasteiger partial charge in [0, 0.05) is 43.6 Å². The minimum Gasteiger partial charge on any atom is -0.368 e. The van der Waals surface area contributed by atoms with Crippen molar-refractivity contribution in [1.82, 2.24) is 9.97 Å². The molecule has 0 unspecified atom stereocenters. The summed E-state index contributed by atoms with van der Waals surface area (Å²) in [4.78, 5) is 13.9. The van der Waals surface area contributed by atoms with E-state index in [1.165, 1.54) is 16.8 Å². The second-order valence-electron chi connectivity index (χ2n) is 7.81. The topological polar surface area (TPSA) is 44.3 Å². The molecule has 2 aromatic rings. The molecule has 0 aliphatic carbocycles. The number of nitrogens with one attached hydrogen (secondary N) is 1. The molecule has 1 N–H and O–H groups in total. The van der Waals surface area contributed by atoms with Gasteiger partial charge < -0.3 is 15.1 Å². The van der Waals surface area contributed by atoms with Crippen LogP contribution in [0.3, 0.4) is 0 Å². The van der Waals surface area contributed by atoms with Crippen molar-refractivity contribution in [2.24, 2.45) is 0 Å². The van der Waals surface area contributed by atoms with Crippen molar-refractivity contribution in [3.63, 3.8) is 0 Å². The van der Waals surface area contributed by atoms with Gasteiger partial charge in [0.1, 0.15) is 5.82 Å². The highest BCUT2D eigenvalue weighted by Gasteiger charge is 2.21. The second-order valence-corrected chi connectivity index (χ2v) is 7.81. The highest BCUT2D eigenvalue weighted by atomic mass is 15.3. The van der Waals surface area contributed by atoms with E-state index in [0.717, 1.165) is 37.9 Å². The molecule has 1 fully saturated rings. The van der Waals surface area contributed by atoms with Crippen LogP contribution >= 0.6 is 0 Å². The number of aromatic nitrogens is 2. The molecule has 0 atom stereocenters. The minimum absolute atomic E-state index is 0.00693. The van der Waals surface area contributed by atoms with Crippen LogP contribution in [0.15, 0.2) is 30.5 Å². The zero-order valence-corrected chi connectivity index (χ0v) is 16.0. The number of aryl methyl sites for hydroxylation is 1. The van der Waals surface area contributed by atoms with E-state index >= 15 is 0 Å².